The number of para-hydroxylation sites is 1. The molecular formula is C24H18F2N2O2S. The molecule has 31 heavy (non-hydrogen) atoms. The van der Waals surface area contributed by atoms with Gasteiger partial charge in [0, 0.05) is 17.9 Å². The normalized spacial score (nSPS) is 19.9. The number of nitrogens with zero attached hydrogens (tertiary/aromatic N) is 2. The third-order valence-electron chi connectivity index (χ3n) is 5.70. The molecule has 0 unspecified atom stereocenters. The first-order chi connectivity index (χ1) is 15.0. The van der Waals surface area contributed by atoms with E-state index in [4.69, 9.17) is 0 Å². The fraction of sp³-hybridized carbons (Fsp3) is 0.167. The summed E-state index contributed by atoms with van der Waals surface area (Å²) in [5.41, 5.74) is 2.15. The maximum Gasteiger partial charge on any atom is 0.268 e. The molecule has 0 bridgehead atoms. The predicted molar refractivity (Wildman–Crippen MR) is 116 cm³/mol. The van der Waals surface area contributed by atoms with Crippen LogP contribution >= 0.6 is 11.8 Å². The summed E-state index contributed by atoms with van der Waals surface area (Å²) in [5.74, 6) is -1.15. The summed E-state index contributed by atoms with van der Waals surface area (Å²) >= 11 is 1.39. The molecule has 3 aromatic carbocycles. The second kappa shape index (κ2) is 7.50. The first-order valence-corrected chi connectivity index (χ1v) is 10.9. The van der Waals surface area contributed by atoms with Crippen molar-refractivity contribution in [1.82, 2.24) is 4.90 Å². The summed E-state index contributed by atoms with van der Waals surface area (Å²) < 4.78 is 27.7. The lowest BCUT2D eigenvalue weighted by Crippen LogP contribution is -2.50. The van der Waals surface area contributed by atoms with E-state index in [1.807, 2.05) is 24.3 Å². The maximum absolute atomic E-state index is 14.4. The predicted octanol–water partition coefficient (Wildman–Crippen LogP) is 4.55. The Balaban J connectivity index is 1.58. The van der Waals surface area contributed by atoms with Crippen molar-refractivity contribution in [2.75, 3.05) is 17.2 Å². The van der Waals surface area contributed by atoms with Gasteiger partial charge in [-0.3, -0.25) is 9.59 Å². The topological polar surface area (TPSA) is 40.6 Å². The van der Waals surface area contributed by atoms with Gasteiger partial charge in [-0.25, -0.2) is 8.78 Å². The summed E-state index contributed by atoms with van der Waals surface area (Å²) in [6, 6.07) is 19.2. The van der Waals surface area contributed by atoms with Gasteiger partial charge in [-0.15, -0.1) is 11.8 Å². The van der Waals surface area contributed by atoms with Crippen LogP contribution in [0.15, 0.2) is 72.8 Å². The largest absolute Gasteiger partial charge is 0.311 e. The highest BCUT2D eigenvalue weighted by Crippen LogP contribution is 2.54. The number of hydrogen-bond acceptors (Lipinski definition) is 3. The van der Waals surface area contributed by atoms with Crippen molar-refractivity contribution >= 4 is 29.3 Å². The van der Waals surface area contributed by atoms with Crippen LogP contribution < -0.4 is 4.90 Å². The lowest BCUT2D eigenvalue weighted by molar-refractivity contribution is -0.123. The van der Waals surface area contributed by atoms with E-state index < -0.39 is 16.6 Å². The van der Waals surface area contributed by atoms with Crippen LogP contribution in [0.4, 0.5) is 14.5 Å². The summed E-state index contributed by atoms with van der Waals surface area (Å²) in [7, 11) is 0. The number of amides is 2. The SMILES string of the molecule is O=C(c1ccccc1F)N1CCS[C@@]12C(=O)N(Cc1ccc(F)cc1)c1ccccc12. The van der Waals surface area contributed by atoms with E-state index in [0.717, 1.165) is 5.56 Å². The zero-order valence-corrected chi connectivity index (χ0v) is 17.2. The van der Waals surface area contributed by atoms with Crippen molar-refractivity contribution in [2.24, 2.45) is 0 Å². The van der Waals surface area contributed by atoms with Crippen LogP contribution in [-0.4, -0.2) is 29.0 Å². The van der Waals surface area contributed by atoms with Gasteiger partial charge in [0.1, 0.15) is 11.6 Å². The second-order valence-electron chi connectivity index (χ2n) is 7.46. The standard InChI is InChI=1S/C24H18F2N2O2S/c25-17-11-9-16(10-12-17)15-27-21-8-4-2-6-19(21)24(23(27)30)28(13-14-31-24)22(29)18-5-1-3-7-20(18)26/h1-12H,13-15H2/t24-/m0/s1. The molecule has 1 spiro atoms. The molecule has 2 aliphatic heterocycles. The quantitative estimate of drug-likeness (QED) is 0.605. The smallest absolute Gasteiger partial charge is 0.268 e. The molecule has 0 radical (unpaired) electrons. The Kier molecular flexibility index (Phi) is 4.78. The molecule has 7 heteroatoms. The third kappa shape index (κ3) is 3.03. The Morgan fingerprint density at radius 1 is 0.968 bits per heavy atom. The number of rotatable bonds is 3. The highest BCUT2D eigenvalue weighted by molar-refractivity contribution is 8.01. The molecule has 2 amide bonds. The van der Waals surface area contributed by atoms with E-state index in [1.165, 1.54) is 47.0 Å². The van der Waals surface area contributed by atoms with Gasteiger partial charge >= 0.3 is 0 Å². The molecule has 1 atom stereocenters. The second-order valence-corrected chi connectivity index (χ2v) is 8.75. The average molecular weight is 436 g/mol. The zero-order valence-electron chi connectivity index (χ0n) is 16.4. The Hall–Kier alpha value is -3.19. The van der Waals surface area contributed by atoms with Gasteiger partial charge in [0.25, 0.3) is 11.8 Å². The number of halogens is 2. The number of carbonyl (C=O) groups is 2. The van der Waals surface area contributed by atoms with E-state index in [2.05, 4.69) is 0 Å². The molecule has 2 heterocycles. The van der Waals surface area contributed by atoms with E-state index in [0.29, 0.717) is 23.5 Å². The van der Waals surface area contributed by atoms with Crippen molar-refractivity contribution < 1.29 is 18.4 Å². The van der Waals surface area contributed by atoms with Crippen LogP contribution in [0.25, 0.3) is 0 Å². The van der Waals surface area contributed by atoms with E-state index in [1.54, 1.807) is 23.1 Å². The van der Waals surface area contributed by atoms with Gasteiger partial charge in [-0.1, -0.05) is 42.5 Å². The monoisotopic (exact) mass is 436 g/mol. The number of thioether (sulfide) groups is 1. The fourth-order valence-corrected chi connectivity index (χ4v) is 5.74. The summed E-state index contributed by atoms with van der Waals surface area (Å²) in [6.07, 6.45) is 0. The molecule has 3 aromatic rings. The highest BCUT2D eigenvalue weighted by Gasteiger charge is 2.59. The minimum Gasteiger partial charge on any atom is -0.311 e. The molecule has 0 N–H and O–H groups in total. The molecule has 1 fully saturated rings. The van der Waals surface area contributed by atoms with Crippen LogP contribution in [0.1, 0.15) is 21.5 Å². The van der Waals surface area contributed by atoms with Crippen molar-refractivity contribution in [3.05, 3.63) is 101 Å². The molecule has 0 aliphatic carbocycles. The first-order valence-electron chi connectivity index (χ1n) is 9.89. The minimum absolute atomic E-state index is 0.0494. The Labute approximate surface area is 182 Å². The third-order valence-corrected chi connectivity index (χ3v) is 7.12. The summed E-state index contributed by atoms with van der Waals surface area (Å²) in [5, 5.41) is 0. The van der Waals surface area contributed by atoms with Crippen LogP contribution in [0, 0.1) is 11.6 Å². The molecule has 0 saturated carbocycles. The van der Waals surface area contributed by atoms with E-state index in [-0.39, 0.29) is 23.8 Å². The van der Waals surface area contributed by atoms with Gasteiger partial charge in [-0.05, 0) is 35.9 Å². The fourth-order valence-electron chi connectivity index (χ4n) is 4.28. The number of fused-ring (bicyclic) bond motifs is 2. The van der Waals surface area contributed by atoms with Gasteiger partial charge in [0.2, 0.25) is 0 Å². The van der Waals surface area contributed by atoms with Crippen molar-refractivity contribution in [3.8, 4) is 0 Å². The highest BCUT2D eigenvalue weighted by atomic mass is 32.2. The Morgan fingerprint density at radius 3 is 2.45 bits per heavy atom. The van der Waals surface area contributed by atoms with Gasteiger partial charge < -0.3 is 9.80 Å². The van der Waals surface area contributed by atoms with Crippen LogP contribution in [0.3, 0.4) is 0 Å². The minimum atomic E-state index is -1.24. The van der Waals surface area contributed by atoms with Crippen molar-refractivity contribution in [2.45, 2.75) is 11.4 Å². The van der Waals surface area contributed by atoms with Crippen LogP contribution in [-0.2, 0) is 16.2 Å². The van der Waals surface area contributed by atoms with Crippen LogP contribution in [0.2, 0.25) is 0 Å². The molecule has 0 aromatic heterocycles. The van der Waals surface area contributed by atoms with Gasteiger partial charge in [-0.2, -0.15) is 0 Å². The molecule has 156 valence electrons. The number of benzene rings is 3. The van der Waals surface area contributed by atoms with Gasteiger partial charge in [0.15, 0.2) is 4.87 Å². The molecule has 4 nitrogen and oxygen atoms in total. The summed E-state index contributed by atoms with van der Waals surface area (Å²) in [4.78, 5) is 29.1. The average Bonchev–Trinajstić information content (AvgIpc) is 3.32. The van der Waals surface area contributed by atoms with E-state index >= 15 is 0 Å². The first kappa shape index (κ1) is 19.8. The number of anilines is 1. The number of hydrogen-bond donors (Lipinski definition) is 0. The Morgan fingerprint density at radius 2 is 1.68 bits per heavy atom. The molecule has 1 saturated heterocycles. The Bertz CT molecular complexity index is 1180. The lowest BCUT2D eigenvalue weighted by Gasteiger charge is -2.33. The van der Waals surface area contributed by atoms with Crippen LogP contribution in [0.5, 0.6) is 0 Å². The van der Waals surface area contributed by atoms with Gasteiger partial charge in [0.05, 0.1) is 17.8 Å². The molecule has 2 aliphatic rings. The van der Waals surface area contributed by atoms with E-state index in [9.17, 15) is 18.4 Å². The lowest BCUT2D eigenvalue weighted by atomic mass is 10.0. The summed E-state index contributed by atoms with van der Waals surface area (Å²) in [6.45, 7) is 0.586. The number of carbonyl (C=O) groups excluding carboxylic acids is 2. The molecule has 5 rings (SSSR count). The maximum atomic E-state index is 14.4. The van der Waals surface area contributed by atoms with Crippen molar-refractivity contribution in [3.63, 3.8) is 0 Å². The zero-order chi connectivity index (χ0) is 21.6. The molecular weight excluding hydrogens is 418 g/mol. The van der Waals surface area contributed by atoms with Crippen molar-refractivity contribution in [1.29, 1.82) is 0 Å².